The van der Waals surface area contributed by atoms with Gasteiger partial charge in [-0.2, -0.15) is 0 Å². The molecule has 0 N–H and O–H groups in total. The van der Waals surface area contributed by atoms with E-state index in [9.17, 15) is 14.4 Å². The van der Waals surface area contributed by atoms with Gasteiger partial charge in [0.25, 0.3) is 0 Å². The highest BCUT2D eigenvalue weighted by Gasteiger charge is 2.35. The van der Waals surface area contributed by atoms with E-state index < -0.39 is 0 Å². The van der Waals surface area contributed by atoms with Gasteiger partial charge in [-0.05, 0) is 79.0 Å². The number of aryl methyl sites for hydroxylation is 1. The molecule has 1 aromatic carbocycles. The monoisotopic (exact) mass is 454 g/mol. The van der Waals surface area contributed by atoms with Crippen LogP contribution in [0.15, 0.2) is 6.07 Å². The predicted octanol–water partition coefficient (Wildman–Crippen LogP) is 7.37. The van der Waals surface area contributed by atoms with Gasteiger partial charge in [0.15, 0.2) is 5.78 Å². The van der Waals surface area contributed by atoms with Gasteiger partial charge in [-0.3, -0.25) is 14.4 Å². The highest BCUT2D eigenvalue weighted by atomic mass is 16.1. The third kappa shape index (κ3) is 6.64. The minimum absolute atomic E-state index is 0.0103. The van der Waals surface area contributed by atoms with Crippen LogP contribution in [0.25, 0.3) is 0 Å². The van der Waals surface area contributed by atoms with Gasteiger partial charge in [-0.15, -0.1) is 0 Å². The average Bonchev–Trinajstić information content (AvgIpc) is 2.69. The average molecular weight is 455 g/mol. The largest absolute Gasteiger partial charge is 0.300 e. The molecule has 2 rings (SSSR count). The number of carbonyl (C=O) groups is 3. The van der Waals surface area contributed by atoms with E-state index in [1.165, 1.54) is 23.6 Å². The fourth-order valence-corrected chi connectivity index (χ4v) is 6.15. The highest BCUT2D eigenvalue weighted by Crippen LogP contribution is 2.40. The minimum Gasteiger partial charge on any atom is -0.300 e. The van der Waals surface area contributed by atoms with Crippen LogP contribution < -0.4 is 0 Å². The van der Waals surface area contributed by atoms with Crippen molar-refractivity contribution in [1.82, 2.24) is 0 Å². The molecule has 3 unspecified atom stereocenters. The normalized spacial score (nSPS) is 18.1. The van der Waals surface area contributed by atoms with Gasteiger partial charge in [0, 0.05) is 17.9 Å². The summed E-state index contributed by atoms with van der Waals surface area (Å²) in [5, 5.41) is 0. The molecule has 1 aliphatic rings. The minimum atomic E-state index is -0.0783. The van der Waals surface area contributed by atoms with Crippen molar-refractivity contribution in [3.63, 3.8) is 0 Å². The van der Waals surface area contributed by atoms with Gasteiger partial charge in [-0.1, -0.05) is 66.9 Å². The number of hydrogen-bond donors (Lipinski definition) is 0. The quantitative estimate of drug-likeness (QED) is 0.328. The van der Waals surface area contributed by atoms with Crippen LogP contribution in [0.1, 0.15) is 126 Å². The molecular weight excluding hydrogens is 408 g/mol. The Morgan fingerprint density at radius 3 is 2.27 bits per heavy atom. The highest BCUT2D eigenvalue weighted by molar-refractivity contribution is 6.01. The molecule has 3 heteroatoms. The van der Waals surface area contributed by atoms with E-state index >= 15 is 0 Å². The number of rotatable bonds is 11. The van der Waals surface area contributed by atoms with Crippen molar-refractivity contribution in [2.75, 3.05) is 0 Å². The van der Waals surface area contributed by atoms with Gasteiger partial charge in [0.05, 0.1) is 6.42 Å². The Bertz CT molecular complexity index is 872. The standard InChI is InChI=1S/C30H46O3/c1-9-12-22(24(11-3)27(32)14-19(4)31)15-21-16-25-23(13-10-2)18-26(30(6,7)8)20(5)29(25)28(33)17-21/h18,21-22,24H,9-17H2,1-8H3. The Morgan fingerprint density at radius 1 is 1.09 bits per heavy atom. The first-order valence-corrected chi connectivity index (χ1v) is 13.2. The van der Waals surface area contributed by atoms with Gasteiger partial charge in [0.1, 0.15) is 11.6 Å². The molecule has 0 aliphatic heterocycles. The fraction of sp³-hybridized carbons (Fsp3) is 0.700. The summed E-state index contributed by atoms with van der Waals surface area (Å²) >= 11 is 0. The lowest BCUT2D eigenvalue weighted by atomic mass is 9.69. The Kier molecular flexibility index (Phi) is 9.64. The van der Waals surface area contributed by atoms with Crippen LogP contribution in [-0.2, 0) is 27.8 Å². The number of ketones is 3. The molecular formula is C30H46O3. The van der Waals surface area contributed by atoms with Crippen LogP contribution in [0.4, 0.5) is 0 Å². The lowest BCUT2D eigenvalue weighted by Crippen LogP contribution is -2.31. The van der Waals surface area contributed by atoms with Crippen LogP contribution in [0.2, 0.25) is 0 Å². The van der Waals surface area contributed by atoms with Crippen LogP contribution >= 0.6 is 0 Å². The SMILES string of the molecule is CCCc1cc(C(C)(C)C)c(C)c2c1CC(CC(CCC)C(CC)C(=O)CC(C)=O)CC2=O. The molecule has 1 aliphatic carbocycles. The topological polar surface area (TPSA) is 51.2 Å². The van der Waals surface area contributed by atoms with Crippen molar-refractivity contribution in [1.29, 1.82) is 0 Å². The van der Waals surface area contributed by atoms with Gasteiger partial charge in [-0.25, -0.2) is 0 Å². The maximum Gasteiger partial charge on any atom is 0.163 e. The van der Waals surface area contributed by atoms with Crippen LogP contribution in [-0.4, -0.2) is 17.3 Å². The molecule has 0 radical (unpaired) electrons. The molecule has 0 spiro atoms. The lowest BCUT2D eigenvalue weighted by molar-refractivity contribution is -0.129. The van der Waals surface area contributed by atoms with E-state index in [-0.39, 0.29) is 46.9 Å². The predicted molar refractivity (Wildman–Crippen MR) is 137 cm³/mol. The smallest absolute Gasteiger partial charge is 0.163 e. The summed E-state index contributed by atoms with van der Waals surface area (Å²) in [6, 6.07) is 2.36. The molecule has 3 atom stereocenters. The summed E-state index contributed by atoms with van der Waals surface area (Å²) in [7, 11) is 0. The van der Waals surface area contributed by atoms with E-state index in [2.05, 4.69) is 54.5 Å². The fourth-order valence-electron chi connectivity index (χ4n) is 6.15. The van der Waals surface area contributed by atoms with Crippen molar-refractivity contribution in [3.8, 4) is 0 Å². The third-order valence-electron chi connectivity index (χ3n) is 7.50. The van der Waals surface area contributed by atoms with Crippen molar-refractivity contribution in [2.24, 2.45) is 17.8 Å². The summed E-state index contributed by atoms with van der Waals surface area (Å²) in [5.74, 6) is 0.756. The van der Waals surface area contributed by atoms with E-state index in [1.807, 2.05) is 0 Å². The molecule has 1 aromatic rings. The van der Waals surface area contributed by atoms with E-state index in [1.54, 1.807) is 0 Å². The molecule has 33 heavy (non-hydrogen) atoms. The van der Waals surface area contributed by atoms with Crippen LogP contribution in [0, 0.1) is 24.7 Å². The Morgan fingerprint density at radius 2 is 1.76 bits per heavy atom. The second-order valence-corrected chi connectivity index (χ2v) is 11.4. The first kappa shape index (κ1) is 27.5. The summed E-state index contributed by atoms with van der Waals surface area (Å²) in [6.07, 6.45) is 7.26. The molecule has 0 fully saturated rings. The summed E-state index contributed by atoms with van der Waals surface area (Å²) in [6.45, 7) is 16.7. The molecule has 0 heterocycles. The second-order valence-electron chi connectivity index (χ2n) is 11.4. The van der Waals surface area contributed by atoms with Crippen molar-refractivity contribution in [3.05, 3.63) is 33.9 Å². The summed E-state index contributed by atoms with van der Waals surface area (Å²) in [4.78, 5) is 37.9. The Hall–Kier alpha value is -1.77. The van der Waals surface area contributed by atoms with Crippen LogP contribution in [0.3, 0.4) is 0 Å². The van der Waals surface area contributed by atoms with Crippen molar-refractivity contribution in [2.45, 2.75) is 119 Å². The van der Waals surface area contributed by atoms with Gasteiger partial charge < -0.3 is 0 Å². The van der Waals surface area contributed by atoms with E-state index in [0.29, 0.717) is 6.42 Å². The summed E-state index contributed by atoms with van der Waals surface area (Å²) in [5.41, 5.74) is 6.05. The lowest BCUT2D eigenvalue weighted by Gasteiger charge is -2.34. The maximum absolute atomic E-state index is 13.5. The number of hydrogen-bond acceptors (Lipinski definition) is 3. The third-order valence-corrected chi connectivity index (χ3v) is 7.50. The van der Waals surface area contributed by atoms with Crippen molar-refractivity contribution >= 4 is 17.3 Å². The molecule has 3 nitrogen and oxygen atoms in total. The Labute approximate surface area is 202 Å². The zero-order chi connectivity index (χ0) is 24.9. The number of benzene rings is 1. The Balaban J connectivity index is 2.40. The molecule has 0 bridgehead atoms. The van der Waals surface area contributed by atoms with Crippen molar-refractivity contribution < 1.29 is 14.4 Å². The van der Waals surface area contributed by atoms with Crippen LogP contribution in [0.5, 0.6) is 0 Å². The number of fused-ring (bicyclic) bond motifs is 1. The van der Waals surface area contributed by atoms with Gasteiger partial charge in [0.2, 0.25) is 0 Å². The number of carbonyl (C=O) groups excluding carboxylic acids is 3. The van der Waals surface area contributed by atoms with E-state index in [4.69, 9.17) is 0 Å². The zero-order valence-electron chi connectivity index (χ0n) is 22.4. The zero-order valence-corrected chi connectivity index (χ0v) is 22.4. The molecule has 0 saturated carbocycles. The van der Waals surface area contributed by atoms with Gasteiger partial charge >= 0.3 is 0 Å². The second kappa shape index (κ2) is 11.6. The maximum atomic E-state index is 13.5. The first-order chi connectivity index (χ1) is 15.4. The molecule has 0 aromatic heterocycles. The number of Topliss-reactive ketones (excluding diaryl/α,β-unsaturated/α-hetero) is 3. The first-order valence-electron chi connectivity index (χ1n) is 13.2. The molecule has 0 amide bonds. The molecule has 184 valence electrons. The molecule has 0 saturated heterocycles. The summed E-state index contributed by atoms with van der Waals surface area (Å²) < 4.78 is 0. The van der Waals surface area contributed by atoms with E-state index in [0.717, 1.165) is 56.1 Å².